The van der Waals surface area contributed by atoms with Gasteiger partial charge in [0.1, 0.15) is 12.4 Å². The molecule has 1 N–H and O–H groups in total. The summed E-state index contributed by atoms with van der Waals surface area (Å²) >= 11 is 20.3. The number of hydrogen-bond donors (Lipinski definition) is 1. The molecule has 1 aromatic heterocycles. The van der Waals surface area contributed by atoms with E-state index in [2.05, 4.69) is 16.8 Å². The molecule has 0 amide bonds. The highest BCUT2D eigenvalue weighted by Crippen LogP contribution is 2.28. The lowest BCUT2D eigenvalue weighted by molar-refractivity contribution is 0.302. The molecule has 1 heterocycles. The van der Waals surface area contributed by atoms with Crippen molar-refractivity contribution in [2.75, 3.05) is 0 Å². The van der Waals surface area contributed by atoms with Crippen LogP contribution in [0.5, 0.6) is 5.75 Å². The van der Waals surface area contributed by atoms with Gasteiger partial charge in [-0.05, 0) is 41.8 Å². The van der Waals surface area contributed by atoms with Gasteiger partial charge in [-0.15, -0.1) is 11.3 Å². The van der Waals surface area contributed by atoms with Gasteiger partial charge in [0.25, 0.3) is 0 Å². The summed E-state index contributed by atoms with van der Waals surface area (Å²) < 4.78 is 5.96. The number of thiophene rings is 1. The summed E-state index contributed by atoms with van der Waals surface area (Å²) in [6, 6.07) is 15.2. The number of rotatable bonds is 7. The molecule has 0 unspecified atom stereocenters. The highest BCUT2D eigenvalue weighted by Gasteiger charge is 2.09. The fourth-order valence-electron chi connectivity index (χ4n) is 2.38. The third-order valence-corrected chi connectivity index (χ3v) is 5.47. The van der Waals surface area contributed by atoms with E-state index >= 15 is 0 Å². The predicted molar refractivity (Wildman–Crippen MR) is 107 cm³/mol. The largest absolute Gasteiger partial charge is 0.488 e. The molecular weight excluding hydrogens is 397 g/mol. The number of hydrogen-bond acceptors (Lipinski definition) is 3. The first kappa shape index (κ1) is 18.6. The lowest BCUT2D eigenvalue weighted by Crippen LogP contribution is -2.13. The molecule has 0 aliphatic heterocycles. The maximum Gasteiger partial charge on any atom is 0.124 e. The van der Waals surface area contributed by atoms with E-state index in [0.717, 1.165) is 23.4 Å². The van der Waals surface area contributed by atoms with Gasteiger partial charge in [0.2, 0.25) is 0 Å². The molecular formula is C19H16Cl3NOS. The van der Waals surface area contributed by atoms with Crippen LogP contribution in [0.2, 0.25) is 15.1 Å². The van der Waals surface area contributed by atoms with E-state index in [1.165, 1.54) is 4.88 Å². The first-order valence-corrected chi connectivity index (χ1v) is 9.72. The zero-order chi connectivity index (χ0) is 17.6. The average molecular weight is 413 g/mol. The van der Waals surface area contributed by atoms with Gasteiger partial charge in [0.05, 0.1) is 0 Å². The second-order valence-corrected chi connectivity index (χ2v) is 7.71. The topological polar surface area (TPSA) is 21.3 Å². The molecule has 0 bridgehead atoms. The molecule has 3 rings (SSSR count). The monoisotopic (exact) mass is 411 g/mol. The average Bonchev–Trinajstić information content (AvgIpc) is 3.09. The Hall–Kier alpha value is -1.23. The summed E-state index contributed by atoms with van der Waals surface area (Å²) in [5.74, 6) is 0.763. The third kappa shape index (κ3) is 5.13. The second kappa shape index (κ2) is 8.93. The zero-order valence-electron chi connectivity index (χ0n) is 13.3. The normalized spacial score (nSPS) is 10.8. The van der Waals surface area contributed by atoms with Gasteiger partial charge in [-0.2, -0.15) is 0 Å². The summed E-state index contributed by atoms with van der Waals surface area (Å²) in [5.41, 5.74) is 1.77. The van der Waals surface area contributed by atoms with Crippen LogP contribution < -0.4 is 10.1 Å². The Kier molecular flexibility index (Phi) is 6.63. The Balaban J connectivity index is 1.68. The van der Waals surface area contributed by atoms with E-state index < -0.39 is 0 Å². The van der Waals surface area contributed by atoms with Crippen LogP contribution >= 0.6 is 46.1 Å². The van der Waals surface area contributed by atoms with Crippen molar-refractivity contribution in [2.24, 2.45) is 0 Å². The number of nitrogens with one attached hydrogen (secondary N) is 1. The Morgan fingerprint density at radius 1 is 0.920 bits per heavy atom. The van der Waals surface area contributed by atoms with Crippen molar-refractivity contribution in [3.8, 4) is 5.75 Å². The van der Waals surface area contributed by atoms with Crippen molar-refractivity contribution < 1.29 is 4.74 Å². The predicted octanol–water partition coefficient (Wildman–Crippen LogP) is 6.58. The van der Waals surface area contributed by atoms with E-state index in [-0.39, 0.29) is 0 Å². The summed E-state index contributed by atoms with van der Waals surface area (Å²) in [6.45, 7) is 1.77. The van der Waals surface area contributed by atoms with Gasteiger partial charge in [0, 0.05) is 44.2 Å². The molecule has 0 fully saturated rings. The van der Waals surface area contributed by atoms with Crippen LogP contribution in [0.15, 0.2) is 53.9 Å². The maximum atomic E-state index is 6.20. The van der Waals surface area contributed by atoms with Gasteiger partial charge in [-0.1, -0.05) is 46.9 Å². The summed E-state index contributed by atoms with van der Waals surface area (Å²) in [6.07, 6.45) is 0. The summed E-state index contributed by atoms with van der Waals surface area (Å²) in [5, 5.41) is 7.35. The molecule has 2 nitrogen and oxygen atoms in total. The number of halogens is 3. The Bertz CT molecular complexity index is 816. The summed E-state index contributed by atoms with van der Waals surface area (Å²) in [7, 11) is 0. The van der Waals surface area contributed by atoms with Crippen molar-refractivity contribution in [1.29, 1.82) is 0 Å². The maximum absolute atomic E-state index is 6.20. The lowest BCUT2D eigenvalue weighted by atomic mass is 10.2. The van der Waals surface area contributed by atoms with Crippen LogP contribution in [0.3, 0.4) is 0 Å². The van der Waals surface area contributed by atoms with Gasteiger partial charge >= 0.3 is 0 Å². The third-order valence-electron chi connectivity index (χ3n) is 3.65. The van der Waals surface area contributed by atoms with Crippen molar-refractivity contribution in [2.45, 2.75) is 19.7 Å². The first-order valence-electron chi connectivity index (χ1n) is 7.70. The smallest absolute Gasteiger partial charge is 0.124 e. The van der Waals surface area contributed by atoms with E-state index in [1.54, 1.807) is 23.5 Å². The molecule has 0 spiro atoms. The quantitative estimate of drug-likeness (QED) is 0.473. The molecule has 6 heteroatoms. The lowest BCUT2D eigenvalue weighted by Gasteiger charge is -2.14. The highest BCUT2D eigenvalue weighted by atomic mass is 35.5. The molecule has 0 aliphatic rings. The molecule has 25 heavy (non-hydrogen) atoms. The second-order valence-electron chi connectivity index (χ2n) is 5.42. The minimum absolute atomic E-state index is 0.304. The first-order chi connectivity index (χ1) is 12.1. The number of ether oxygens (including phenoxy) is 1. The van der Waals surface area contributed by atoms with E-state index in [1.807, 2.05) is 30.3 Å². The molecule has 0 aliphatic carbocycles. The molecule has 3 aromatic rings. The van der Waals surface area contributed by atoms with Crippen LogP contribution in [-0.2, 0) is 19.7 Å². The Morgan fingerprint density at radius 2 is 1.72 bits per heavy atom. The molecule has 0 saturated carbocycles. The molecule has 0 radical (unpaired) electrons. The minimum atomic E-state index is 0.304. The highest BCUT2D eigenvalue weighted by molar-refractivity contribution is 7.09. The van der Waals surface area contributed by atoms with Crippen LogP contribution in [-0.4, -0.2) is 0 Å². The minimum Gasteiger partial charge on any atom is -0.488 e. The zero-order valence-corrected chi connectivity index (χ0v) is 16.4. The molecule has 0 atom stereocenters. The standard InChI is InChI=1S/C19H16Cl3NOS/c20-14-6-7-19(24-12-16-17(21)4-1-5-18(16)22)13(9-14)10-23-11-15-3-2-8-25-15/h1-9,23H,10-12H2. The van der Waals surface area contributed by atoms with Crippen LogP contribution in [0, 0.1) is 0 Å². The van der Waals surface area contributed by atoms with Gasteiger partial charge in [0.15, 0.2) is 0 Å². The van der Waals surface area contributed by atoms with Crippen LogP contribution in [0.4, 0.5) is 0 Å². The Morgan fingerprint density at radius 3 is 2.44 bits per heavy atom. The fourth-order valence-corrected chi connectivity index (χ4v) is 3.76. The van der Waals surface area contributed by atoms with Crippen LogP contribution in [0.25, 0.3) is 0 Å². The molecule has 130 valence electrons. The van der Waals surface area contributed by atoms with Crippen molar-refractivity contribution in [3.05, 3.63) is 85.0 Å². The van der Waals surface area contributed by atoms with E-state index in [0.29, 0.717) is 28.2 Å². The van der Waals surface area contributed by atoms with E-state index in [4.69, 9.17) is 39.5 Å². The van der Waals surface area contributed by atoms with Gasteiger partial charge in [-0.3, -0.25) is 0 Å². The van der Waals surface area contributed by atoms with Crippen molar-refractivity contribution in [1.82, 2.24) is 5.32 Å². The molecule has 2 aromatic carbocycles. The van der Waals surface area contributed by atoms with Gasteiger partial charge in [-0.25, -0.2) is 0 Å². The van der Waals surface area contributed by atoms with Crippen LogP contribution in [0.1, 0.15) is 16.0 Å². The van der Waals surface area contributed by atoms with E-state index in [9.17, 15) is 0 Å². The molecule has 0 saturated heterocycles. The van der Waals surface area contributed by atoms with Gasteiger partial charge < -0.3 is 10.1 Å². The van der Waals surface area contributed by atoms with Crippen molar-refractivity contribution in [3.63, 3.8) is 0 Å². The fraction of sp³-hybridized carbons (Fsp3) is 0.158. The van der Waals surface area contributed by atoms with Crippen molar-refractivity contribution >= 4 is 46.1 Å². The Labute approximate surface area is 166 Å². The number of benzene rings is 2. The summed E-state index contributed by atoms with van der Waals surface area (Å²) in [4.78, 5) is 1.28. The SMILES string of the molecule is Clc1ccc(OCc2c(Cl)cccc2Cl)c(CNCc2cccs2)c1.